The molecule has 0 aromatic carbocycles. The number of aryl methyl sites for hydroxylation is 2. The summed E-state index contributed by atoms with van der Waals surface area (Å²) in [5.41, 5.74) is 1.09. The van der Waals surface area contributed by atoms with Crippen molar-refractivity contribution in [3.05, 3.63) is 35.9 Å². The molecule has 76 valence electrons. The van der Waals surface area contributed by atoms with Gasteiger partial charge in [-0.15, -0.1) is 0 Å². The average Bonchev–Trinajstić information content (AvgIpc) is 2.64. The highest BCUT2D eigenvalue weighted by molar-refractivity contribution is 6.07. The summed E-state index contributed by atoms with van der Waals surface area (Å²) in [7, 11) is 1.67. The molecule has 2 rings (SSSR count). The van der Waals surface area contributed by atoms with Crippen LogP contribution in [0.4, 0.5) is 0 Å². The minimum Gasteiger partial charge on any atom is -0.285 e. The van der Waals surface area contributed by atoms with Gasteiger partial charge >= 0.3 is 0 Å². The van der Waals surface area contributed by atoms with Crippen LogP contribution >= 0.6 is 0 Å². The summed E-state index contributed by atoms with van der Waals surface area (Å²) >= 11 is 0. The topological polar surface area (TPSA) is 73.6 Å². The van der Waals surface area contributed by atoms with Crippen molar-refractivity contribution in [2.75, 3.05) is 0 Å². The third-order valence-corrected chi connectivity index (χ3v) is 2.07. The Morgan fingerprint density at radius 1 is 1.33 bits per heavy atom. The van der Waals surface area contributed by atoms with Crippen molar-refractivity contribution >= 4 is 5.78 Å². The first-order valence-corrected chi connectivity index (χ1v) is 4.35. The van der Waals surface area contributed by atoms with Crippen LogP contribution in [0.25, 0.3) is 0 Å². The third-order valence-electron chi connectivity index (χ3n) is 2.07. The van der Waals surface area contributed by atoms with Crippen LogP contribution in [0.15, 0.2) is 18.9 Å². The first kappa shape index (κ1) is 9.45. The molecule has 0 bridgehead atoms. The van der Waals surface area contributed by atoms with E-state index in [2.05, 4.69) is 20.1 Å². The molecule has 0 aliphatic rings. The van der Waals surface area contributed by atoms with Crippen molar-refractivity contribution < 1.29 is 4.79 Å². The van der Waals surface area contributed by atoms with E-state index in [1.54, 1.807) is 14.0 Å². The normalized spacial score (nSPS) is 10.3. The second-order valence-electron chi connectivity index (χ2n) is 3.06. The lowest BCUT2D eigenvalue weighted by molar-refractivity contribution is 0.102. The van der Waals surface area contributed by atoms with Crippen LogP contribution in [0, 0.1) is 6.92 Å². The Bertz CT molecular complexity index is 505. The smallest absolute Gasteiger partial charge is 0.233 e. The molecule has 0 aliphatic carbocycles. The number of hydrogen-bond donors (Lipinski definition) is 0. The van der Waals surface area contributed by atoms with E-state index >= 15 is 0 Å². The molecule has 0 amide bonds. The van der Waals surface area contributed by atoms with E-state index < -0.39 is 0 Å². The Labute approximate surface area is 86.0 Å². The molecule has 2 aromatic heterocycles. The molecule has 0 radical (unpaired) electrons. The fourth-order valence-corrected chi connectivity index (χ4v) is 1.24. The lowest BCUT2D eigenvalue weighted by Crippen LogP contribution is -2.12. The van der Waals surface area contributed by atoms with E-state index in [4.69, 9.17) is 0 Å². The highest BCUT2D eigenvalue weighted by Crippen LogP contribution is 2.07. The molecule has 2 aromatic rings. The van der Waals surface area contributed by atoms with Gasteiger partial charge in [-0.25, -0.2) is 19.6 Å². The van der Waals surface area contributed by atoms with Crippen LogP contribution < -0.4 is 0 Å². The summed E-state index contributed by atoms with van der Waals surface area (Å²) in [5, 5.41) is 3.84. The van der Waals surface area contributed by atoms with Gasteiger partial charge < -0.3 is 0 Å². The molecule has 0 N–H and O–H groups in total. The zero-order valence-corrected chi connectivity index (χ0v) is 8.38. The van der Waals surface area contributed by atoms with Crippen molar-refractivity contribution in [3.63, 3.8) is 0 Å². The predicted molar refractivity (Wildman–Crippen MR) is 51.2 cm³/mol. The minimum atomic E-state index is -0.215. The van der Waals surface area contributed by atoms with Gasteiger partial charge in [-0.3, -0.25) is 4.79 Å². The van der Waals surface area contributed by atoms with Gasteiger partial charge in [0.15, 0.2) is 5.82 Å². The van der Waals surface area contributed by atoms with Crippen LogP contribution in [0.3, 0.4) is 0 Å². The molecule has 0 saturated carbocycles. The molecule has 2 heterocycles. The highest BCUT2D eigenvalue weighted by Gasteiger charge is 2.17. The SMILES string of the molecule is Cc1ncncc1C(=O)c1ncnn1C. The Kier molecular flexibility index (Phi) is 2.24. The molecule has 15 heavy (non-hydrogen) atoms. The summed E-state index contributed by atoms with van der Waals surface area (Å²) in [6, 6.07) is 0. The van der Waals surface area contributed by atoms with E-state index in [1.807, 2.05) is 0 Å². The number of carbonyl (C=O) groups is 1. The van der Waals surface area contributed by atoms with Gasteiger partial charge in [-0.05, 0) is 6.92 Å². The lowest BCUT2D eigenvalue weighted by atomic mass is 10.1. The zero-order valence-electron chi connectivity index (χ0n) is 8.38. The van der Waals surface area contributed by atoms with Crippen LogP contribution in [0.1, 0.15) is 21.9 Å². The van der Waals surface area contributed by atoms with E-state index in [1.165, 1.54) is 23.5 Å². The number of rotatable bonds is 2. The van der Waals surface area contributed by atoms with Crippen LogP contribution in [0.5, 0.6) is 0 Å². The Morgan fingerprint density at radius 2 is 2.13 bits per heavy atom. The van der Waals surface area contributed by atoms with E-state index in [0.29, 0.717) is 11.3 Å². The highest BCUT2D eigenvalue weighted by atomic mass is 16.1. The fraction of sp³-hybridized carbons (Fsp3) is 0.222. The van der Waals surface area contributed by atoms with Crippen LogP contribution in [-0.4, -0.2) is 30.5 Å². The Morgan fingerprint density at radius 3 is 2.73 bits per heavy atom. The molecule has 0 saturated heterocycles. The van der Waals surface area contributed by atoms with Gasteiger partial charge in [0.1, 0.15) is 12.7 Å². The molecule has 6 heteroatoms. The summed E-state index contributed by atoms with van der Waals surface area (Å²) in [5.74, 6) is 0.0704. The maximum absolute atomic E-state index is 11.9. The van der Waals surface area contributed by atoms with E-state index in [9.17, 15) is 4.79 Å². The summed E-state index contributed by atoms with van der Waals surface area (Å²) in [6.07, 6.45) is 4.23. The maximum Gasteiger partial charge on any atom is 0.233 e. The van der Waals surface area contributed by atoms with Gasteiger partial charge in [0.2, 0.25) is 5.78 Å². The molecule has 0 unspecified atom stereocenters. The molecular weight excluding hydrogens is 194 g/mol. The largest absolute Gasteiger partial charge is 0.285 e. The van der Waals surface area contributed by atoms with Crippen molar-refractivity contribution in [2.24, 2.45) is 7.05 Å². The molecule has 0 spiro atoms. The second kappa shape index (κ2) is 3.56. The Hall–Kier alpha value is -2.11. The number of nitrogens with zero attached hydrogens (tertiary/aromatic N) is 5. The number of carbonyl (C=O) groups excluding carboxylic acids is 1. The summed E-state index contributed by atoms with van der Waals surface area (Å²) in [4.78, 5) is 23.6. The number of aromatic nitrogens is 5. The number of ketones is 1. The Balaban J connectivity index is 2.46. The third kappa shape index (κ3) is 1.61. The monoisotopic (exact) mass is 203 g/mol. The summed E-state index contributed by atoms with van der Waals surface area (Å²) in [6.45, 7) is 1.76. The second-order valence-corrected chi connectivity index (χ2v) is 3.06. The average molecular weight is 203 g/mol. The van der Waals surface area contributed by atoms with Crippen LogP contribution in [-0.2, 0) is 7.05 Å². The molecule has 6 nitrogen and oxygen atoms in total. The van der Waals surface area contributed by atoms with E-state index in [0.717, 1.165) is 0 Å². The minimum absolute atomic E-state index is 0.215. The van der Waals surface area contributed by atoms with Gasteiger partial charge in [0, 0.05) is 13.2 Å². The first-order chi connectivity index (χ1) is 7.20. The molecule has 0 fully saturated rings. The van der Waals surface area contributed by atoms with Gasteiger partial charge in [0.05, 0.1) is 11.3 Å². The standard InChI is InChI=1S/C9H9N5O/c1-6-7(3-10-4-11-6)8(15)9-12-5-13-14(9)2/h3-5H,1-2H3. The van der Waals surface area contributed by atoms with Crippen molar-refractivity contribution in [1.29, 1.82) is 0 Å². The van der Waals surface area contributed by atoms with Crippen LogP contribution in [0.2, 0.25) is 0 Å². The number of hydrogen-bond acceptors (Lipinski definition) is 5. The fourth-order valence-electron chi connectivity index (χ4n) is 1.24. The van der Waals surface area contributed by atoms with Gasteiger partial charge in [0.25, 0.3) is 0 Å². The predicted octanol–water partition coefficient (Wildman–Crippen LogP) is 0.145. The van der Waals surface area contributed by atoms with Gasteiger partial charge in [-0.2, -0.15) is 5.10 Å². The quantitative estimate of drug-likeness (QED) is 0.649. The first-order valence-electron chi connectivity index (χ1n) is 4.35. The van der Waals surface area contributed by atoms with Gasteiger partial charge in [-0.1, -0.05) is 0 Å². The van der Waals surface area contributed by atoms with E-state index in [-0.39, 0.29) is 11.6 Å². The summed E-state index contributed by atoms with van der Waals surface area (Å²) < 4.78 is 1.43. The molecular formula is C9H9N5O. The zero-order chi connectivity index (χ0) is 10.8. The molecule has 0 aliphatic heterocycles. The van der Waals surface area contributed by atoms with Crippen molar-refractivity contribution in [2.45, 2.75) is 6.92 Å². The molecule has 0 atom stereocenters. The van der Waals surface area contributed by atoms with Crippen molar-refractivity contribution in [3.8, 4) is 0 Å². The maximum atomic E-state index is 11.9. The lowest BCUT2D eigenvalue weighted by Gasteiger charge is -2.01. The van der Waals surface area contributed by atoms with Crippen molar-refractivity contribution in [1.82, 2.24) is 24.7 Å².